The number of hydrogen-bond acceptors (Lipinski definition) is 6. The first-order chi connectivity index (χ1) is 13.0. The zero-order valence-corrected chi connectivity index (χ0v) is 15.7. The molecule has 27 heavy (non-hydrogen) atoms. The predicted octanol–water partition coefficient (Wildman–Crippen LogP) is 3.82. The summed E-state index contributed by atoms with van der Waals surface area (Å²) in [5.41, 5.74) is 1.44. The number of hydrogen-bond donors (Lipinski definition) is 0. The average molecular weight is 403 g/mol. The molecule has 2 heterocycles. The van der Waals surface area contributed by atoms with Gasteiger partial charge in [0.2, 0.25) is 0 Å². The van der Waals surface area contributed by atoms with E-state index in [0.29, 0.717) is 36.8 Å². The number of nitro groups is 1. The van der Waals surface area contributed by atoms with Gasteiger partial charge in [-0.15, -0.1) is 0 Å². The maximum absolute atomic E-state index is 12.6. The van der Waals surface area contributed by atoms with E-state index in [0.717, 1.165) is 15.3 Å². The molecular formula is C18H15ClN4O3S. The van der Waals surface area contributed by atoms with Crippen LogP contribution in [0.4, 0.5) is 10.8 Å². The molecule has 0 bridgehead atoms. The number of thiazole rings is 1. The van der Waals surface area contributed by atoms with Crippen molar-refractivity contribution in [2.45, 2.75) is 0 Å². The molecule has 0 spiro atoms. The van der Waals surface area contributed by atoms with Crippen molar-refractivity contribution in [2.24, 2.45) is 0 Å². The Morgan fingerprint density at radius 3 is 2.48 bits per heavy atom. The highest BCUT2D eigenvalue weighted by molar-refractivity contribution is 7.22. The lowest BCUT2D eigenvalue weighted by molar-refractivity contribution is -0.384. The molecule has 0 aliphatic carbocycles. The molecule has 0 saturated carbocycles. The minimum Gasteiger partial charge on any atom is -0.345 e. The Bertz CT molecular complexity index is 1010. The number of anilines is 1. The van der Waals surface area contributed by atoms with Crippen LogP contribution in [0.15, 0.2) is 42.5 Å². The van der Waals surface area contributed by atoms with Crippen molar-refractivity contribution in [3.63, 3.8) is 0 Å². The summed E-state index contributed by atoms with van der Waals surface area (Å²) >= 11 is 7.31. The van der Waals surface area contributed by atoms with Crippen LogP contribution >= 0.6 is 22.9 Å². The summed E-state index contributed by atoms with van der Waals surface area (Å²) in [6.07, 6.45) is 0. The Kier molecular flexibility index (Phi) is 4.67. The number of rotatable bonds is 3. The summed E-state index contributed by atoms with van der Waals surface area (Å²) in [4.78, 5) is 31.6. The molecule has 9 heteroatoms. The molecule has 1 fully saturated rings. The van der Waals surface area contributed by atoms with Crippen LogP contribution in [0.3, 0.4) is 0 Å². The topological polar surface area (TPSA) is 79.6 Å². The summed E-state index contributed by atoms with van der Waals surface area (Å²) in [6, 6.07) is 11.6. The number of non-ortho nitro benzene ring substituents is 1. The van der Waals surface area contributed by atoms with Gasteiger partial charge in [0.15, 0.2) is 5.13 Å². The number of halogens is 1. The molecule has 1 amide bonds. The van der Waals surface area contributed by atoms with Gasteiger partial charge in [-0.2, -0.15) is 0 Å². The highest BCUT2D eigenvalue weighted by Crippen LogP contribution is 2.32. The van der Waals surface area contributed by atoms with Crippen LogP contribution in [0.25, 0.3) is 10.2 Å². The van der Waals surface area contributed by atoms with E-state index in [1.165, 1.54) is 17.4 Å². The van der Waals surface area contributed by atoms with E-state index >= 15 is 0 Å². The van der Waals surface area contributed by atoms with Crippen molar-refractivity contribution in [1.29, 1.82) is 0 Å². The van der Waals surface area contributed by atoms with Crippen LogP contribution in [0.2, 0.25) is 5.02 Å². The summed E-state index contributed by atoms with van der Waals surface area (Å²) in [7, 11) is 0. The molecular weight excluding hydrogens is 388 g/mol. The second-order valence-corrected chi connectivity index (χ2v) is 7.64. The molecule has 2 aromatic carbocycles. The first-order valence-electron chi connectivity index (χ1n) is 8.36. The molecule has 1 aliphatic heterocycles. The number of aromatic nitrogens is 1. The third-order valence-electron chi connectivity index (χ3n) is 4.50. The molecule has 0 radical (unpaired) electrons. The van der Waals surface area contributed by atoms with Gasteiger partial charge in [-0.3, -0.25) is 14.9 Å². The Hall–Kier alpha value is -2.71. The lowest BCUT2D eigenvalue weighted by Crippen LogP contribution is -2.48. The van der Waals surface area contributed by atoms with E-state index in [4.69, 9.17) is 11.6 Å². The Morgan fingerprint density at radius 2 is 1.81 bits per heavy atom. The van der Waals surface area contributed by atoms with Gasteiger partial charge in [-0.05, 0) is 30.3 Å². The third-order valence-corrected chi connectivity index (χ3v) is 5.83. The SMILES string of the molecule is O=C(c1ccc(Cl)cc1)N1CCN(c2nc3ccc([N+](=O)[O-])cc3s2)CC1. The van der Waals surface area contributed by atoms with E-state index in [2.05, 4.69) is 9.88 Å². The number of fused-ring (bicyclic) bond motifs is 1. The van der Waals surface area contributed by atoms with Crippen LogP contribution in [0, 0.1) is 10.1 Å². The van der Waals surface area contributed by atoms with Gasteiger partial charge in [0.25, 0.3) is 11.6 Å². The number of nitrogens with zero attached hydrogens (tertiary/aromatic N) is 4. The minimum atomic E-state index is -0.403. The van der Waals surface area contributed by atoms with E-state index in [9.17, 15) is 14.9 Å². The van der Waals surface area contributed by atoms with Gasteiger partial charge in [0, 0.05) is 48.9 Å². The largest absolute Gasteiger partial charge is 0.345 e. The van der Waals surface area contributed by atoms with Gasteiger partial charge in [-0.1, -0.05) is 22.9 Å². The number of benzene rings is 2. The zero-order chi connectivity index (χ0) is 19.0. The van der Waals surface area contributed by atoms with Crippen LogP contribution < -0.4 is 4.90 Å². The van der Waals surface area contributed by atoms with Crippen molar-refractivity contribution in [3.8, 4) is 0 Å². The zero-order valence-electron chi connectivity index (χ0n) is 14.2. The van der Waals surface area contributed by atoms with Crippen molar-refractivity contribution in [2.75, 3.05) is 31.1 Å². The van der Waals surface area contributed by atoms with Crippen molar-refractivity contribution >= 4 is 49.9 Å². The van der Waals surface area contributed by atoms with Gasteiger partial charge in [0.05, 0.1) is 15.1 Å². The Balaban J connectivity index is 1.46. The number of nitro benzene ring substituents is 1. The fourth-order valence-corrected chi connectivity index (χ4v) is 4.20. The quantitative estimate of drug-likeness (QED) is 0.491. The molecule has 0 unspecified atom stereocenters. The van der Waals surface area contributed by atoms with Crippen LogP contribution in [0.5, 0.6) is 0 Å². The number of carbonyl (C=O) groups is 1. The van der Waals surface area contributed by atoms with Gasteiger partial charge >= 0.3 is 0 Å². The van der Waals surface area contributed by atoms with Crippen LogP contribution in [0.1, 0.15) is 10.4 Å². The van der Waals surface area contributed by atoms with E-state index in [1.54, 1.807) is 36.4 Å². The fraction of sp³-hybridized carbons (Fsp3) is 0.222. The number of carbonyl (C=O) groups excluding carboxylic acids is 1. The molecule has 0 atom stereocenters. The van der Waals surface area contributed by atoms with Gasteiger partial charge < -0.3 is 9.80 Å². The molecule has 1 aromatic heterocycles. The number of amides is 1. The highest BCUT2D eigenvalue weighted by Gasteiger charge is 2.24. The molecule has 1 saturated heterocycles. The highest BCUT2D eigenvalue weighted by atomic mass is 35.5. The standard InChI is InChI=1S/C18H15ClN4O3S/c19-13-3-1-12(2-4-13)17(24)21-7-9-22(10-8-21)18-20-15-6-5-14(23(25)26)11-16(15)27-18/h1-6,11H,7-10H2. The summed E-state index contributed by atoms with van der Waals surface area (Å²) in [5.74, 6) is -0.00811. The number of piperazine rings is 1. The van der Waals surface area contributed by atoms with Crippen molar-refractivity contribution in [1.82, 2.24) is 9.88 Å². The predicted molar refractivity (Wildman–Crippen MR) is 106 cm³/mol. The molecule has 0 N–H and O–H groups in total. The maximum Gasteiger partial charge on any atom is 0.270 e. The molecule has 138 valence electrons. The fourth-order valence-electron chi connectivity index (χ4n) is 3.03. The van der Waals surface area contributed by atoms with Crippen LogP contribution in [-0.4, -0.2) is 46.9 Å². The van der Waals surface area contributed by atoms with E-state index < -0.39 is 4.92 Å². The van der Waals surface area contributed by atoms with Crippen molar-refractivity contribution in [3.05, 3.63) is 63.2 Å². The lowest BCUT2D eigenvalue weighted by Gasteiger charge is -2.34. The Morgan fingerprint density at radius 1 is 1.11 bits per heavy atom. The van der Waals surface area contributed by atoms with E-state index in [-0.39, 0.29) is 11.6 Å². The first-order valence-corrected chi connectivity index (χ1v) is 9.55. The first kappa shape index (κ1) is 17.7. The van der Waals surface area contributed by atoms with Crippen LogP contribution in [-0.2, 0) is 0 Å². The van der Waals surface area contributed by atoms with Gasteiger partial charge in [-0.25, -0.2) is 4.98 Å². The van der Waals surface area contributed by atoms with E-state index in [1.807, 2.05) is 4.90 Å². The van der Waals surface area contributed by atoms with Crippen molar-refractivity contribution < 1.29 is 9.72 Å². The summed E-state index contributed by atoms with van der Waals surface area (Å²) in [5, 5.41) is 12.4. The Labute approximate surface area is 163 Å². The normalized spacial score (nSPS) is 14.6. The summed E-state index contributed by atoms with van der Waals surface area (Å²) in [6.45, 7) is 2.53. The third kappa shape index (κ3) is 3.58. The molecule has 4 rings (SSSR count). The molecule has 1 aliphatic rings. The monoisotopic (exact) mass is 402 g/mol. The average Bonchev–Trinajstić information content (AvgIpc) is 3.11. The minimum absolute atomic E-state index is 0.00811. The maximum atomic E-state index is 12.6. The molecule has 7 nitrogen and oxygen atoms in total. The summed E-state index contributed by atoms with van der Waals surface area (Å²) < 4.78 is 0.791. The lowest BCUT2D eigenvalue weighted by atomic mass is 10.2. The second-order valence-electron chi connectivity index (χ2n) is 6.19. The molecule has 3 aromatic rings. The second kappa shape index (κ2) is 7.13. The van der Waals surface area contributed by atoms with Gasteiger partial charge in [0.1, 0.15) is 0 Å². The smallest absolute Gasteiger partial charge is 0.270 e.